The van der Waals surface area contributed by atoms with E-state index in [1.165, 1.54) is 54.0 Å². The van der Waals surface area contributed by atoms with Crippen molar-refractivity contribution in [3.8, 4) is 0 Å². The van der Waals surface area contributed by atoms with Crippen molar-refractivity contribution in [2.75, 3.05) is 0 Å². The predicted molar refractivity (Wildman–Crippen MR) is 127 cm³/mol. The van der Waals surface area contributed by atoms with E-state index in [1.54, 1.807) is 0 Å². The van der Waals surface area contributed by atoms with Crippen LogP contribution < -0.4 is 0 Å². The number of fused-ring (bicyclic) bond motifs is 5. The summed E-state index contributed by atoms with van der Waals surface area (Å²) in [6.07, 6.45) is 17.3. The molecule has 31 heavy (non-hydrogen) atoms. The topological polar surface area (TPSA) is 33.1 Å². The van der Waals surface area contributed by atoms with Gasteiger partial charge in [0.05, 0.1) is 5.60 Å². The monoisotopic (exact) mass is 415 g/mol. The van der Waals surface area contributed by atoms with Crippen molar-refractivity contribution in [3.63, 3.8) is 0 Å². The van der Waals surface area contributed by atoms with Crippen LogP contribution in [0.25, 0.3) is 10.8 Å². The van der Waals surface area contributed by atoms with Gasteiger partial charge in [0.2, 0.25) is 0 Å². The van der Waals surface area contributed by atoms with Crippen LogP contribution in [0.3, 0.4) is 0 Å². The minimum atomic E-state index is -0.569. The van der Waals surface area contributed by atoms with Gasteiger partial charge < -0.3 is 5.11 Å². The zero-order valence-electron chi connectivity index (χ0n) is 19.2. The van der Waals surface area contributed by atoms with Gasteiger partial charge in [0.1, 0.15) is 0 Å². The quantitative estimate of drug-likeness (QED) is 0.507. The van der Waals surface area contributed by atoms with E-state index in [2.05, 4.69) is 49.2 Å². The maximum Gasteiger partial charge on any atom is 0.0890 e. The molecular formula is C29H37NO. The maximum atomic E-state index is 12.3. The van der Waals surface area contributed by atoms with Crippen LogP contribution in [-0.4, -0.2) is 15.7 Å². The van der Waals surface area contributed by atoms with E-state index in [0.29, 0.717) is 11.8 Å². The molecule has 7 atom stereocenters. The molecule has 2 nitrogen and oxygen atoms in total. The van der Waals surface area contributed by atoms with Gasteiger partial charge in [-0.25, -0.2) is 0 Å². The van der Waals surface area contributed by atoms with E-state index < -0.39 is 5.60 Å². The maximum absolute atomic E-state index is 12.3. The molecule has 1 N–H and O–H groups in total. The molecule has 1 aromatic heterocycles. The Morgan fingerprint density at radius 2 is 1.90 bits per heavy atom. The van der Waals surface area contributed by atoms with Crippen molar-refractivity contribution in [3.05, 3.63) is 53.9 Å². The fourth-order valence-corrected chi connectivity index (χ4v) is 8.38. The van der Waals surface area contributed by atoms with Crippen LogP contribution in [0.15, 0.2) is 48.3 Å². The number of aliphatic hydroxyl groups is 1. The molecule has 4 aliphatic carbocycles. The second-order valence-corrected chi connectivity index (χ2v) is 11.7. The third-order valence-corrected chi connectivity index (χ3v) is 10.1. The Kier molecular flexibility index (Phi) is 4.62. The van der Waals surface area contributed by atoms with E-state index >= 15 is 0 Å². The summed E-state index contributed by atoms with van der Waals surface area (Å²) in [6, 6.07) is 9.07. The van der Waals surface area contributed by atoms with Crippen molar-refractivity contribution in [2.24, 2.45) is 29.1 Å². The first-order valence-electron chi connectivity index (χ1n) is 12.7. The fraction of sp³-hybridized carbons (Fsp3) is 0.621. The first-order chi connectivity index (χ1) is 15.0. The van der Waals surface area contributed by atoms with Gasteiger partial charge in [0.25, 0.3) is 0 Å². The summed E-state index contributed by atoms with van der Waals surface area (Å²) in [5.74, 6) is 3.43. The summed E-state index contributed by atoms with van der Waals surface area (Å²) in [7, 11) is 0. The van der Waals surface area contributed by atoms with Crippen LogP contribution >= 0.6 is 0 Å². The lowest BCUT2D eigenvalue weighted by atomic mass is 9.57. The summed E-state index contributed by atoms with van der Waals surface area (Å²) in [4.78, 5) is 4.35. The minimum absolute atomic E-state index is 0.150. The van der Waals surface area contributed by atoms with Gasteiger partial charge in [0, 0.05) is 17.8 Å². The summed E-state index contributed by atoms with van der Waals surface area (Å²) in [5, 5.41) is 14.8. The van der Waals surface area contributed by atoms with E-state index in [4.69, 9.17) is 0 Å². The Labute approximate surface area is 187 Å². The lowest BCUT2D eigenvalue weighted by molar-refractivity contribution is -0.0501. The number of aromatic nitrogens is 1. The highest BCUT2D eigenvalue weighted by molar-refractivity contribution is 5.82. The van der Waals surface area contributed by atoms with Crippen LogP contribution in [0, 0.1) is 29.1 Å². The zero-order chi connectivity index (χ0) is 21.2. The number of allylic oxidation sites excluding steroid dienone is 1. The van der Waals surface area contributed by atoms with Gasteiger partial charge in [-0.2, -0.15) is 0 Å². The number of pyridine rings is 1. The highest BCUT2D eigenvalue weighted by atomic mass is 16.3. The number of benzene rings is 1. The zero-order valence-corrected chi connectivity index (χ0v) is 19.2. The highest BCUT2D eigenvalue weighted by Crippen LogP contribution is 2.64. The number of hydrogen-bond acceptors (Lipinski definition) is 2. The van der Waals surface area contributed by atoms with E-state index in [9.17, 15) is 5.11 Å². The second kappa shape index (κ2) is 7.17. The predicted octanol–water partition coefficient (Wildman–Crippen LogP) is 7.03. The average Bonchev–Trinajstić information content (AvgIpc) is 3.06. The Bertz CT molecular complexity index is 1030. The Morgan fingerprint density at radius 1 is 1.00 bits per heavy atom. The van der Waals surface area contributed by atoms with Crippen molar-refractivity contribution in [1.29, 1.82) is 0 Å². The summed E-state index contributed by atoms with van der Waals surface area (Å²) in [5.41, 5.74) is 2.44. The van der Waals surface area contributed by atoms with Gasteiger partial charge >= 0.3 is 0 Å². The molecule has 0 spiro atoms. The van der Waals surface area contributed by atoms with Crippen molar-refractivity contribution in [2.45, 2.75) is 83.2 Å². The Hall–Kier alpha value is -1.67. The van der Waals surface area contributed by atoms with Crippen LogP contribution in [0.2, 0.25) is 0 Å². The first kappa shape index (κ1) is 20.0. The van der Waals surface area contributed by atoms with Crippen molar-refractivity contribution >= 4 is 10.8 Å². The molecule has 6 rings (SSSR count). The molecule has 2 aromatic rings. The van der Waals surface area contributed by atoms with Gasteiger partial charge in [-0.05, 0) is 115 Å². The summed E-state index contributed by atoms with van der Waals surface area (Å²) in [6.45, 7) is 4.91. The SMILES string of the molecule is CC1CCC2CC3=CCC4(C)C(c5ccc6ccncc6c5)CCC4[C@@]3(O)CCC2C1. The van der Waals surface area contributed by atoms with Crippen LogP contribution in [0.1, 0.15) is 83.1 Å². The smallest absolute Gasteiger partial charge is 0.0890 e. The van der Waals surface area contributed by atoms with Gasteiger partial charge in [0.15, 0.2) is 0 Å². The van der Waals surface area contributed by atoms with Gasteiger partial charge in [-0.3, -0.25) is 4.98 Å². The largest absolute Gasteiger partial charge is 0.385 e. The molecule has 0 aliphatic heterocycles. The molecule has 0 saturated heterocycles. The Balaban J connectivity index is 1.34. The molecule has 1 heterocycles. The molecule has 1 aromatic carbocycles. The number of nitrogens with zero attached hydrogens (tertiary/aromatic N) is 1. The molecule has 4 aliphatic rings. The normalized spacial score (nSPS) is 42.3. The van der Waals surface area contributed by atoms with Crippen LogP contribution in [-0.2, 0) is 0 Å². The van der Waals surface area contributed by atoms with Crippen molar-refractivity contribution < 1.29 is 5.11 Å². The van der Waals surface area contributed by atoms with E-state index in [-0.39, 0.29) is 5.41 Å². The first-order valence-corrected chi connectivity index (χ1v) is 12.7. The standard InChI is InChI=1S/C29H37NO/c1-19-3-4-21-17-25-10-12-28(2)26(23-6-5-20-11-14-30-18-24(20)16-23)7-8-27(28)29(25,31)13-9-22(21)15-19/h5-6,10-11,14,16,18-19,21-22,26-27,31H,3-4,7-9,12-13,15,17H2,1-2H3/t19?,21?,22?,26?,27?,28?,29-/m1/s1. The second-order valence-electron chi connectivity index (χ2n) is 11.7. The lowest BCUT2D eigenvalue weighted by Gasteiger charge is -2.50. The molecule has 2 heteroatoms. The molecule has 6 unspecified atom stereocenters. The average molecular weight is 416 g/mol. The number of hydrogen-bond donors (Lipinski definition) is 1. The molecule has 0 radical (unpaired) electrons. The minimum Gasteiger partial charge on any atom is -0.385 e. The molecule has 3 fully saturated rings. The third kappa shape index (κ3) is 3.04. The van der Waals surface area contributed by atoms with E-state index in [0.717, 1.165) is 43.4 Å². The van der Waals surface area contributed by atoms with E-state index in [1.807, 2.05) is 12.4 Å². The van der Waals surface area contributed by atoms with Crippen LogP contribution in [0.4, 0.5) is 0 Å². The molecule has 3 saturated carbocycles. The lowest BCUT2D eigenvalue weighted by Crippen LogP contribution is -2.49. The third-order valence-electron chi connectivity index (χ3n) is 10.1. The number of rotatable bonds is 1. The molecular weight excluding hydrogens is 378 g/mol. The summed E-state index contributed by atoms with van der Waals surface area (Å²) >= 11 is 0. The summed E-state index contributed by atoms with van der Waals surface area (Å²) < 4.78 is 0. The Morgan fingerprint density at radius 3 is 2.81 bits per heavy atom. The highest BCUT2D eigenvalue weighted by Gasteiger charge is 2.59. The van der Waals surface area contributed by atoms with Gasteiger partial charge in [-0.1, -0.05) is 38.5 Å². The fourth-order valence-electron chi connectivity index (χ4n) is 8.38. The molecule has 164 valence electrons. The van der Waals surface area contributed by atoms with Gasteiger partial charge in [-0.15, -0.1) is 0 Å². The van der Waals surface area contributed by atoms with Crippen molar-refractivity contribution in [1.82, 2.24) is 4.98 Å². The molecule has 0 amide bonds. The molecule has 0 bridgehead atoms. The van der Waals surface area contributed by atoms with Crippen LogP contribution in [0.5, 0.6) is 0 Å².